The van der Waals surface area contributed by atoms with Crippen molar-refractivity contribution in [1.82, 2.24) is 0 Å². The van der Waals surface area contributed by atoms with Gasteiger partial charge in [0.2, 0.25) is 10.2 Å². The molecule has 2 aliphatic rings. The standard InChI is InChI=1S/C5H4O2S/c6-3-5(1-2-5)4(7)8-3/h1-2H2. The van der Waals surface area contributed by atoms with Crippen molar-refractivity contribution >= 4 is 22.0 Å². The third kappa shape index (κ3) is 0.292. The number of rotatable bonds is 0. The van der Waals surface area contributed by atoms with Gasteiger partial charge in [0, 0.05) is 0 Å². The van der Waals surface area contributed by atoms with Gasteiger partial charge in [-0.2, -0.15) is 0 Å². The van der Waals surface area contributed by atoms with Gasteiger partial charge < -0.3 is 0 Å². The van der Waals surface area contributed by atoms with Gasteiger partial charge in [-0.1, -0.05) is 0 Å². The van der Waals surface area contributed by atoms with Crippen molar-refractivity contribution in [2.45, 2.75) is 12.8 Å². The molecule has 3 heteroatoms. The number of thioether (sulfide) groups is 1. The first-order chi connectivity index (χ1) is 3.76. The van der Waals surface area contributed by atoms with Gasteiger partial charge in [0.25, 0.3) is 0 Å². The average Bonchev–Trinajstić information content (AvgIpc) is 2.44. The zero-order valence-electron chi connectivity index (χ0n) is 4.14. The van der Waals surface area contributed by atoms with E-state index in [1.165, 1.54) is 0 Å². The maximum absolute atomic E-state index is 10.6. The van der Waals surface area contributed by atoms with Gasteiger partial charge in [-0.3, -0.25) is 9.59 Å². The minimum atomic E-state index is -0.426. The maximum Gasteiger partial charge on any atom is 0.210 e. The topological polar surface area (TPSA) is 34.1 Å². The van der Waals surface area contributed by atoms with Gasteiger partial charge in [0.05, 0.1) is 0 Å². The first-order valence-electron chi connectivity index (χ1n) is 2.52. The summed E-state index contributed by atoms with van der Waals surface area (Å²) in [6, 6.07) is 0. The van der Waals surface area contributed by atoms with Gasteiger partial charge in [-0.25, -0.2) is 0 Å². The minimum absolute atomic E-state index is 0.0995. The highest BCUT2D eigenvalue weighted by atomic mass is 32.2. The molecule has 8 heavy (non-hydrogen) atoms. The monoisotopic (exact) mass is 128 g/mol. The molecule has 0 radical (unpaired) electrons. The Morgan fingerprint density at radius 2 is 1.75 bits per heavy atom. The molecule has 0 amide bonds. The molecule has 0 N–H and O–H groups in total. The molecule has 1 spiro atoms. The van der Waals surface area contributed by atoms with Crippen molar-refractivity contribution in [3.8, 4) is 0 Å². The molecule has 0 atom stereocenters. The molecule has 0 bridgehead atoms. The maximum atomic E-state index is 10.6. The van der Waals surface area contributed by atoms with Crippen LogP contribution in [0.3, 0.4) is 0 Å². The second-order valence-corrected chi connectivity index (χ2v) is 3.20. The van der Waals surface area contributed by atoms with Crippen LogP contribution in [0.15, 0.2) is 0 Å². The highest BCUT2D eigenvalue weighted by molar-refractivity contribution is 8.29. The Kier molecular flexibility index (Phi) is 0.572. The molecule has 1 saturated carbocycles. The molecule has 1 aliphatic heterocycles. The van der Waals surface area contributed by atoms with Crippen LogP contribution in [0.5, 0.6) is 0 Å². The van der Waals surface area contributed by atoms with Crippen molar-refractivity contribution in [1.29, 1.82) is 0 Å². The van der Waals surface area contributed by atoms with Crippen LogP contribution in [0.1, 0.15) is 12.8 Å². The minimum Gasteiger partial charge on any atom is -0.286 e. The van der Waals surface area contributed by atoms with Gasteiger partial charge in [0.1, 0.15) is 5.41 Å². The second-order valence-electron chi connectivity index (χ2n) is 2.26. The molecular formula is C5H4O2S. The second kappa shape index (κ2) is 1.00. The summed E-state index contributed by atoms with van der Waals surface area (Å²) in [5.74, 6) is 0. The Balaban J connectivity index is 2.34. The summed E-state index contributed by atoms with van der Waals surface area (Å²) >= 11 is 0.875. The van der Waals surface area contributed by atoms with E-state index in [-0.39, 0.29) is 10.2 Å². The van der Waals surface area contributed by atoms with Crippen LogP contribution in [0.25, 0.3) is 0 Å². The van der Waals surface area contributed by atoms with Crippen LogP contribution in [0.2, 0.25) is 0 Å². The number of carbonyl (C=O) groups excluding carboxylic acids is 2. The molecule has 2 rings (SSSR count). The predicted octanol–water partition coefficient (Wildman–Crippen LogP) is 0.567. The lowest BCUT2D eigenvalue weighted by molar-refractivity contribution is -0.128. The fourth-order valence-electron chi connectivity index (χ4n) is 0.850. The van der Waals surface area contributed by atoms with E-state index in [1.807, 2.05) is 0 Å². The molecule has 0 aromatic carbocycles. The molecule has 1 saturated heterocycles. The first-order valence-corrected chi connectivity index (χ1v) is 3.34. The van der Waals surface area contributed by atoms with E-state index >= 15 is 0 Å². The Labute approximate surface area is 50.6 Å². The third-order valence-corrected chi connectivity index (χ3v) is 2.87. The van der Waals surface area contributed by atoms with Gasteiger partial charge >= 0.3 is 0 Å². The normalized spacial score (nSPS) is 30.5. The predicted molar refractivity (Wildman–Crippen MR) is 29.3 cm³/mol. The largest absolute Gasteiger partial charge is 0.286 e. The lowest BCUT2D eigenvalue weighted by Crippen LogP contribution is -2.32. The van der Waals surface area contributed by atoms with E-state index in [0.29, 0.717) is 0 Å². The quantitative estimate of drug-likeness (QED) is 0.447. The lowest BCUT2D eigenvalue weighted by atomic mass is 10.1. The summed E-state index contributed by atoms with van der Waals surface area (Å²) in [5, 5.41) is 0.199. The van der Waals surface area contributed by atoms with E-state index in [9.17, 15) is 9.59 Å². The first kappa shape index (κ1) is 4.56. The lowest BCUT2D eigenvalue weighted by Gasteiger charge is -2.18. The van der Waals surface area contributed by atoms with Crippen LogP contribution in [-0.2, 0) is 9.59 Å². The summed E-state index contributed by atoms with van der Waals surface area (Å²) in [7, 11) is 0. The molecule has 2 nitrogen and oxygen atoms in total. The fourth-order valence-corrected chi connectivity index (χ4v) is 1.85. The Hall–Kier alpha value is -0.310. The van der Waals surface area contributed by atoms with Crippen LogP contribution < -0.4 is 0 Å². The van der Waals surface area contributed by atoms with Gasteiger partial charge in [-0.15, -0.1) is 0 Å². The molecule has 0 aromatic heterocycles. The zero-order valence-corrected chi connectivity index (χ0v) is 4.96. The van der Waals surface area contributed by atoms with Crippen molar-refractivity contribution in [2.75, 3.05) is 0 Å². The zero-order chi connectivity index (χ0) is 5.78. The number of hydrogen-bond donors (Lipinski definition) is 0. The Morgan fingerprint density at radius 3 is 1.88 bits per heavy atom. The molecule has 0 unspecified atom stereocenters. The summed E-state index contributed by atoms with van der Waals surface area (Å²) < 4.78 is 0. The van der Waals surface area contributed by atoms with E-state index in [1.54, 1.807) is 0 Å². The van der Waals surface area contributed by atoms with Crippen LogP contribution in [0.4, 0.5) is 0 Å². The molecular weight excluding hydrogens is 124 g/mol. The highest BCUT2D eigenvalue weighted by Crippen LogP contribution is 2.59. The SMILES string of the molecule is O=C1SC(=O)C12CC2. The Morgan fingerprint density at radius 1 is 1.25 bits per heavy atom. The average molecular weight is 128 g/mol. The van der Waals surface area contributed by atoms with E-state index in [4.69, 9.17) is 0 Å². The van der Waals surface area contributed by atoms with E-state index in [2.05, 4.69) is 0 Å². The molecule has 1 aliphatic carbocycles. The summed E-state index contributed by atoms with van der Waals surface area (Å²) in [6.07, 6.45) is 1.63. The van der Waals surface area contributed by atoms with Gasteiger partial charge in [0.15, 0.2) is 0 Å². The van der Waals surface area contributed by atoms with Crippen molar-refractivity contribution in [2.24, 2.45) is 5.41 Å². The number of hydrogen-bond acceptors (Lipinski definition) is 3. The highest BCUT2D eigenvalue weighted by Gasteiger charge is 2.64. The smallest absolute Gasteiger partial charge is 0.210 e. The molecule has 42 valence electrons. The Bertz CT molecular complexity index is 165. The van der Waals surface area contributed by atoms with Crippen molar-refractivity contribution < 1.29 is 9.59 Å². The van der Waals surface area contributed by atoms with E-state index in [0.717, 1.165) is 24.6 Å². The van der Waals surface area contributed by atoms with Gasteiger partial charge in [-0.05, 0) is 24.6 Å². The third-order valence-electron chi connectivity index (χ3n) is 1.72. The summed E-state index contributed by atoms with van der Waals surface area (Å²) in [6.45, 7) is 0. The summed E-state index contributed by atoms with van der Waals surface area (Å²) in [5.41, 5.74) is -0.426. The van der Waals surface area contributed by atoms with Crippen LogP contribution >= 0.6 is 11.8 Å². The molecule has 1 heterocycles. The van der Waals surface area contributed by atoms with Crippen molar-refractivity contribution in [3.63, 3.8) is 0 Å². The molecule has 2 fully saturated rings. The van der Waals surface area contributed by atoms with Crippen molar-refractivity contribution in [3.05, 3.63) is 0 Å². The fraction of sp³-hybridized carbons (Fsp3) is 0.600. The van der Waals surface area contributed by atoms with E-state index < -0.39 is 5.41 Å². The summed E-state index contributed by atoms with van der Waals surface area (Å²) in [4.78, 5) is 21.1. The number of carbonyl (C=O) groups is 2. The van der Waals surface area contributed by atoms with Crippen LogP contribution in [0, 0.1) is 5.41 Å². The molecule has 0 aromatic rings. The van der Waals surface area contributed by atoms with Crippen LogP contribution in [-0.4, -0.2) is 10.2 Å².